The fourth-order valence-electron chi connectivity index (χ4n) is 1.78. The predicted molar refractivity (Wildman–Crippen MR) is 80.6 cm³/mol. The zero-order chi connectivity index (χ0) is 13.5. The number of halogens is 2. The maximum absolute atomic E-state index is 6.31. The molecule has 0 aliphatic rings. The van der Waals surface area contributed by atoms with Crippen LogP contribution in [0.4, 0.5) is 0 Å². The van der Waals surface area contributed by atoms with Gasteiger partial charge >= 0.3 is 0 Å². The standard InChI is InChI=1S/C12H13BrClN3S/c1-12(2,3)17-10(15-16-11(17)18)7-5-4-6-8(13)9(7)14/h4-6H,1-3H3,(H,16,18). The third kappa shape index (κ3) is 2.39. The van der Waals surface area contributed by atoms with Gasteiger partial charge < -0.3 is 0 Å². The number of nitrogens with zero attached hydrogens (tertiary/aromatic N) is 2. The van der Waals surface area contributed by atoms with Gasteiger partial charge in [0.1, 0.15) is 0 Å². The molecule has 0 radical (unpaired) electrons. The third-order valence-corrected chi connectivity index (χ3v) is 4.11. The van der Waals surface area contributed by atoms with Crippen LogP contribution in [0.1, 0.15) is 20.8 Å². The number of nitrogens with one attached hydrogen (secondary N) is 1. The molecule has 18 heavy (non-hydrogen) atoms. The monoisotopic (exact) mass is 345 g/mol. The predicted octanol–water partition coefficient (Wildman–Crippen LogP) is 4.78. The highest BCUT2D eigenvalue weighted by molar-refractivity contribution is 9.10. The van der Waals surface area contributed by atoms with Gasteiger partial charge in [-0.15, -0.1) is 0 Å². The van der Waals surface area contributed by atoms with Crippen molar-refractivity contribution in [3.8, 4) is 11.4 Å². The summed E-state index contributed by atoms with van der Waals surface area (Å²) in [7, 11) is 0. The van der Waals surface area contributed by atoms with Crippen molar-refractivity contribution in [2.75, 3.05) is 0 Å². The number of hydrogen-bond donors (Lipinski definition) is 1. The van der Waals surface area contributed by atoms with Crippen LogP contribution in [0.2, 0.25) is 5.02 Å². The number of aromatic amines is 1. The Labute approximate surface area is 124 Å². The molecule has 6 heteroatoms. The summed E-state index contributed by atoms with van der Waals surface area (Å²) in [5.74, 6) is 0.749. The summed E-state index contributed by atoms with van der Waals surface area (Å²) in [6.07, 6.45) is 0. The molecule has 96 valence electrons. The van der Waals surface area contributed by atoms with Gasteiger partial charge in [-0.05, 0) is 61.1 Å². The minimum Gasteiger partial charge on any atom is -0.295 e. The SMILES string of the molecule is CC(C)(C)n1c(-c2cccc(Br)c2Cl)n[nH]c1=S. The average Bonchev–Trinajstić information content (AvgIpc) is 2.64. The molecule has 1 aromatic carbocycles. The summed E-state index contributed by atoms with van der Waals surface area (Å²) >= 11 is 15.0. The van der Waals surface area contributed by atoms with Crippen LogP contribution in [0.5, 0.6) is 0 Å². The zero-order valence-corrected chi connectivity index (χ0v) is 13.4. The van der Waals surface area contributed by atoms with E-state index in [1.807, 2.05) is 22.8 Å². The van der Waals surface area contributed by atoms with E-state index in [2.05, 4.69) is 46.9 Å². The second kappa shape index (κ2) is 4.79. The maximum Gasteiger partial charge on any atom is 0.195 e. The van der Waals surface area contributed by atoms with Gasteiger partial charge in [0.15, 0.2) is 10.6 Å². The Bertz CT molecular complexity index is 640. The van der Waals surface area contributed by atoms with Gasteiger partial charge in [0, 0.05) is 15.6 Å². The van der Waals surface area contributed by atoms with Gasteiger partial charge in [-0.3, -0.25) is 9.67 Å². The number of aromatic nitrogens is 3. The summed E-state index contributed by atoms with van der Waals surface area (Å²) in [6, 6.07) is 5.75. The Morgan fingerprint density at radius 1 is 1.39 bits per heavy atom. The minimum absolute atomic E-state index is 0.162. The van der Waals surface area contributed by atoms with E-state index in [0.717, 1.165) is 15.9 Å². The molecule has 0 saturated heterocycles. The lowest BCUT2D eigenvalue weighted by atomic mass is 10.1. The molecule has 2 rings (SSSR count). The molecular formula is C12H13BrClN3S. The number of benzene rings is 1. The Morgan fingerprint density at radius 2 is 2.06 bits per heavy atom. The van der Waals surface area contributed by atoms with E-state index in [0.29, 0.717) is 9.79 Å². The molecule has 0 fully saturated rings. The van der Waals surface area contributed by atoms with E-state index in [-0.39, 0.29) is 5.54 Å². The van der Waals surface area contributed by atoms with Crippen molar-refractivity contribution in [1.82, 2.24) is 14.8 Å². The van der Waals surface area contributed by atoms with E-state index in [9.17, 15) is 0 Å². The number of hydrogen-bond acceptors (Lipinski definition) is 2. The first-order chi connectivity index (χ1) is 8.32. The first-order valence-corrected chi connectivity index (χ1v) is 7.02. The van der Waals surface area contributed by atoms with Crippen molar-refractivity contribution >= 4 is 39.7 Å². The second-order valence-electron chi connectivity index (χ2n) is 4.96. The molecule has 0 unspecified atom stereocenters. The van der Waals surface area contributed by atoms with Crippen molar-refractivity contribution in [1.29, 1.82) is 0 Å². The lowest BCUT2D eigenvalue weighted by Crippen LogP contribution is -2.23. The Kier molecular flexibility index (Phi) is 3.67. The highest BCUT2D eigenvalue weighted by atomic mass is 79.9. The van der Waals surface area contributed by atoms with E-state index in [1.54, 1.807) is 0 Å². The molecule has 0 spiro atoms. The molecule has 0 bridgehead atoms. The molecule has 0 aliphatic heterocycles. The van der Waals surface area contributed by atoms with Crippen LogP contribution in [0.15, 0.2) is 22.7 Å². The summed E-state index contributed by atoms with van der Waals surface area (Å²) < 4.78 is 3.40. The Balaban J connectivity index is 2.74. The molecule has 0 atom stereocenters. The quantitative estimate of drug-likeness (QED) is 0.754. The maximum atomic E-state index is 6.31. The largest absolute Gasteiger partial charge is 0.295 e. The Hall–Kier alpha value is -0.650. The molecule has 0 saturated carbocycles. The van der Waals surface area contributed by atoms with Gasteiger partial charge in [-0.2, -0.15) is 5.10 Å². The smallest absolute Gasteiger partial charge is 0.195 e. The van der Waals surface area contributed by atoms with Gasteiger partial charge in [0.2, 0.25) is 0 Å². The molecule has 2 aromatic rings. The molecule has 1 N–H and O–H groups in total. The second-order valence-corrected chi connectivity index (χ2v) is 6.58. The van der Waals surface area contributed by atoms with Crippen LogP contribution in [-0.2, 0) is 5.54 Å². The summed E-state index contributed by atoms with van der Waals surface area (Å²) in [4.78, 5) is 0. The van der Waals surface area contributed by atoms with Crippen LogP contribution in [0, 0.1) is 4.77 Å². The van der Waals surface area contributed by atoms with Crippen molar-refractivity contribution in [3.05, 3.63) is 32.5 Å². The van der Waals surface area contributed by atoms with Gasteiger partial charge in [0.05, 0.1) is 5.02 Å². The van der Waals surface area contributed by atoms with Gasteiger partial charge in [-0.1, -0.05) is 17.7 Å². The fourth-order valence-corrected chi connectivity index (χ4v) is 2.76. The molecule has 1 aromatic heterocycles. The number of H-pyrrole nitrogens is 1. The Morgan fingerprint density at radius 3 is 2.67 bits per heavy atom. The first kappa shape index (κ1) is 13.8. The van der Waals surface area contributed by atoms with Crippen molar-refractivity contribution < 1.29 is 0 Å². The molecule has 1 heterocycles. The van der Waals surface area contributed by atoms with Crippen molar-refractivity contribution in [2.45, 2.75) is 26.3 Å². The van der Waals surface area contributed by atoms with Crippen LogP contribution in [-0.4, -0.2) is 14.8 Å². The first-order valence-electron chi connectivity index (χ1n) is 5.44. The van der Waals surface area contributed by atoms with Crippen molar-refractivity contribution in [3.63, 3.8) is 0 Å². The lowest BCUT2D eigenvalue weighted by Gasteiger charge is -2.22. The number of rotatable bonds is 1. The van der Waals surface area contributed by atoms with E-state index < -0.39 is 0 Å². The van der Waals surface area contributed by atoms with Crippen LogP contribution < -0.4 is 0 Å². The summed E-state index contributed by atoms with van der Waals surface area (Å²) in [5, 5.41) is 7.76. The zero-order valence-electron chi connectivity index (χ0n) is 10.3. The molecule has 3 nitrogen and oxygen atoms in total. The third-order valence-electron chi connectivity index (χ3n) is 2.54. The lowest BCUT2D eigenvalue weighted by molar-refractivity contribution is 0.395. The molecular weight excluding hydrogens is 334 g/mol. The van der Waals surface area contributed by atoms with Crippen LogP contribution in [0.3, 0.4) is 0 Å². The van der Waals surface area contributed by atoms with Crippen LogP contribution in [0.25, 0.3) is 11.4 Å². The minimum atomic E-state index is -0.162. The summed E-state index contributed by atoms with van der Waals surface area (Å²) in [6.45, 7) is 6.23. The van der Waals surface area contributed by atoms with Crippen LogP contribution >= 0.6 is 39.7 Å². The highest BCUT2D eigenvalue weighted by Gasteiger charge is 2.22. The normalized spacial score (nSPS) is 11.8. The van der Waals surface area contributed by atoms with E-state index >= 15 is 0 Å². The van der Waals surface area contributed by atoms with E-state index in [4.69, 9.17) is 23.8 Å². The molecule has 0 amide bonds. The fraction of sp³-hybridized carbons (Fsp3) is 0.333. The van der Waals surface area contributed by atoms with Gasteiger partial charge in [0.25, 0.3) is 0 Å². The highest BCUT2D eigenvalue weighted by Crippen LogP contribution is 2.34. The van der Waals surface area contributed by atoms with Gasteiger partial charge in [-0.25, -0.2) is 0 Å². The van der Waals surface area contributed by atoms with E-state index in [1.165, 1.54) is 0 Å². The summed E-state index contributed by atoms with van der Waals surface area (Å²) in [5.41, 5.74) is 0.693. The molecule has 0 aliphatic carbocycles. The van der Waals surface area contributed by atoms with Crippen molar-refractivity contribution in [2.24, 2.45) is 0 Å². The topological polar surface area (TPSA) is 33.6 Å². The average molecular weight is 347 g/mol.